The van der Waals surface area contributed by atoms with Gasteiger partial charge in [-0.15, -0.1) is 0 Å². The molecule has 0 aromatic rings. The molecule has 3 heteroatoms. The Labute approximate surface area is 118 Å². The van der Waals surface area contributed by atoms with E-state index in [1.165, 1.54) is 38.5 Å². The Hall–Kier alpha value is -0.570. The topological polar surface area (TPSA) is 32.3 Å². The summed E-state index contributed by atoms with van der Waals surface area (Å²) in [5, 5.41) is 3.36. The maximum Gasteiger partial charge on any atom is 0.240 e. The van der Waals surface area contributed by atoms with Crippen molar-refractivity contribution in [1.29, 1.82) is 0 Å². The number of nitrogens with one attached hydrogen (secondary N) is 1. The molecule has 1 N–H and O–H groups in total. The lowest BCUT2D eigenvalue weighted by molar-refractivity contribution is -0.129. The highest BCUT2D eigenvalue weighted by molar-refractivity contribution is 5.83. The van der Waals surface area contributed by atoms with E-state index in [-0.39, 0.29) is 6.04 Å². The van der Waals surface area contributed by atoms with Gasteiger partial charge in [-0.05, 0) is 24.7 Å². The first-order chi connectivity index (χ1) is 9.20. The van der Waals surface area contributed by atoms with E-state index in [2.05, 4.69) is 19.2 Å². The minimum absolute atomic E-state index is 0.103. The third-order valence-electron chi connectivity index (χ3n) is 4.93. The van der Waals surface area contributed by atoms with Crippen LogP contribution in [0.15, 0.2) is 0 Å². The molecule has 2 aliphatic rings. The number of nitrogens with zero attached hydrogens (tertiary/aromatic N) is 1. The second kappa shape index (κ2) is 7.28. The average molecular weight is 266 g/mol. The smallest absolute Gasteiger partial charge is 0.240 e. The molecular formula is C16H30N2O. The Kier molecular flexibility index (Phi) is 5.68. The zero-order valence-corrected chi connectivity index (χ0v) is 12.7. The van der Waals surface area contributed by atoms with Crippen molar-refractivity contribution in [2.75, 3.05) is 13.2 Å². The summed E-state index contributed by atoms with van der Waals surface area (Å²) in [7, 11) is 0. The first-order valence-corrected chi connectivity index (χ1v) is 8.23. The molecule has 2 rings (SSSR count). The van der Waals surface area contributed by atoms with Gasteiger partial charge >= 0.3 is 0 Å². The molecule has 1 aliphatic heterocycles. The fraction of sp³-hybridized carbons (Fsp3) is 0.938. The fourth-order valence-electron chi connectivity index (χ4n) is 3.39. The summed E-state index contributed by atoms with van der Waals surface area (Å²) in [4.78, 5) is 14.2. The van der Waals surface area contributed by atoms with E-state index in [9.17, 15) is 4.79 Å². The zero-order valence-electron chi connectivity index (χ0n) is 12.7. The molecule has 1 saturated carbocycles. The van der Waals surface area contributed by atoms with Crippen molar-refractivity contribution in [1.82, 2.24) is 10.2 Å². The third-order valence-corrected chi connectivity index (χ3v) is 4.93. The molecule has 0 aromatic carbocycles. The number of carbonyl (C=O) groups is 1. The van der Waals surface area contributed by atoms with Gasteiger partial charge in [0.2, 0.25) is 5.91 Å². The summed E-state index contributed by atoms with van der Waals surface area (Å²) in [5.74, 6) is 2.13. The van der Waals surface area contributed by atoms with Crippen LogP contribution in [0.4, 0.5) is 0 Å². The monoisotopic (exact) mass is 266 g/mol. The van der Waals surface area contributed by atoms with Crippen molar-refractivity contribution in [2.45, 2.75) is 71.3 Å². The van der Waals surface area contributed by atoms with E-state index >= 15 is 0 Å². The third kappa shape index (κ3) is 4.20. The van der Waals surface area contributed by atoms with Crippen LogP contribution in [0.1, 0.15) is 65.2 Å². The van der Waals surface area contributed by atoms with Crippen molar-refractivity contribution in [3.8, 4) is 0 Å². The van der Waals surface area contributed by atoms with Gasteiger partial charge in [-0.3, -0.25) is 10.1 Å². The normalized spacial score (nSPS) is 32.0. The van der Waals surface area contributed by atoms with Crippen LogP contribution in [-0.2, 0) is 4.79 Å². The molecule has 110 valence electrons. The van der Waals surface area contributed by atoms with Crippen LogP contribution in [0, 0.1) is 11.8 Å². The quantitative estimate of drug-likeness (QED) is 0.801. The molecule has 0 bridgehead atoms. The lowest BCUT2D eigenvalue weighted by Gasteiger charge is -2.27. The van der Waals surface area contributed by atoms with E-state index in [1.807, 2.05) is 4.90 Å². The van der Waals surface area contributed by atoms with Crippen molar-refractivity contribution >= 4 is 5.91 Å². The summed E-state index contributed by atoms with van der Waals surface area (Å²) >= 11 is 0. The predicted octanol–water partition coefficient (Wildman–Crippen LogP) is 3.15. The highest BCUT2D eigenvalue weighted by Gasteiger charge is 2.30. The molecule has 1 heterocycles. The van der Waals surface area contributed by atoms with E-state index in [0.29, 0.717) is 5.91 Å². The predicted molar refractivity (Wildman–Crippen MR) is 78.8 cm³/mol. The molecule has 1 aliphatic carbocycles. The number of unbranched alkanes of at least 4 members (excludes halogenated alkanes) is 1. The maximum absolute atomic E-state index is 12.2. The number of hydrogen-bond acceptors (Lipinski definition) is 2. The van der Waals surface area contributed by atoms with E-state index in [4.69, 9.17) is 0 Å². The van der Waals surface area contributed by atoms with Gasteiger partial charge in [0.05, 0.1) is 12.7 Å². The molecule has 0 aromatic heterocycles. The number of rotatable bonds is 6. The molecule has 1 amide bonds. The Balaban J connectivity index is 1.68. The van der Waals surface area contributed by atoms with Gasteiger partial charge in [0.15, 0.2) is 0 Å². The van der Waals surface area contributed by atoms with Gasteiger partial charge < -0.3 is 4.90 Å². The van der Waals surface area contributed by atoms with Gasteiger partial charge in [-0.25, -0.2) is 0 Å². The molecule has 0 radical (unpaired) electrons. The fourth-order valence-corrected chi connectivity index (χ4v) is 3.39. The Morgan fingerprint density at radius 1 is 1.21 bits per heavy atom. The number of carbonyl (C=O) groups excluding carboxylic acids is 1. The van der Waals surface area contributed by atoms with Crippen molar-refractivity contribution in [3.05, 3.63) is 0 Å². The van der Waals surface area contributed by atoms with Crippen LogP contribution in [-0.4, -0.2) is 30.1 Å². The van der Waals surface area contributed by atoms with E-state index < -0.39 is 0 Å². The number of amides is 1. The molecule has 3 nitrogen and oxygen atoms in total. The highest BCUT2D eigenvalue weighted by atomic mass is 16.2. The van der Waals surface area contributed by atoms with Crippen molar-refractivity contribution < 1.29 is 4.79 Å². The van der Waals surface area contributed by atoms with Crippen LogP contribution in [0.3, 0.4) is 0 Å². The number of hydrogen-bond donors (Lipinski definition) is 1. The second-order valence-corrected chi connectivity index (χ2v) is 6.57. The van der Waals surface area contributed by atoms with Crippen molar-refractivity contribution in [2.24, 2.45) is 11.8 Å². The molecule has 2 fully saturated rings. The lowest BCUT2D eigenvalue weighted by atomic mass is 9.81. The van der Waals surface area contributed by atoms with Gasteiger partial charge in [0, 0.05) is 6.54 Å². The maximum atomic E-state index is 12.2. The summed E-state index contributed by atoms with van der Waals surface area (Å²) in [6.07, 6.45) is 10.1. The molecule has 0 spiro atoms. The van der Waals surface area contributed by atoms with Crippen LogP contribution in [0.2, 0.25) is 0 Å². The summed E-state index contributed by atoms with van der Waals surface area (Å²) in [6, 6.07) is 0.103. The Bertz CT molecular complexity index is 284. The SMILES string of the molecule is CCCCC1NCN(CCC2CCC(C)CC2)C1=O. The lowest BCUT2D eigenvalue weighted by Crippen LogP contribution is -2.32. The first-order valence-electron chi connectivity index (χ1n) is 8.23. The standard InChI is InChI=1S/C16H30N2O/c1-3-4-5-15-16(19)18(12-17-15)11-10-14-8-6-13(2)7-9-14/h13-15,17H,3-12H2,1-2H3. The largest absolute Gasteiger partial charge is 0.329 e. The highest BCUT2D eigenvalue weighted by Crippen LogP contribution is 2.30. The second-order valence-electron chi connectivity index (χ2n) is 6.57. The molecule has 1 atom stereocenters. The summed E-state index contributed by atoms with van der Waals surface area (Å²) in [6.45, 7) is 6.29. The van der Waals surface area contributed by atoms with Crippen LogP contribution >= 0.6 is 0 Å². The van der Waals surface area contributed by atoms with E-state index in [1.54, 1.807) is 0 Å². The van der Waals surface area contributed by atoms with Gasteiger partial charge in [0.25, 0.3) is 0 Å². The minimum Gasteiger partial charge on any atom is -0.329 e. The zero-order chi connectivity index (χ0) is 13.7. The molecule has 19 heavy (non-hydrogen) atoms. The first kappa shape index (κ1) is 14.8. The van der Waals surface area contributed by atoms with Gasteiger partial charge in [-0.1, -0.05) is 52.4 Å². The van der Waals surface area contributed by atoms with Gasteiger partial charge in [-0.2, -0.15) is 0 Å². The summed E-state index contributed by atoms with van der Waals surface area (Å²) in [5.41, 5.74) is 0. The average Bonchev–Trinajstić information content (AvgIpc) is 2.77. The van der Waals surface area contributed by atoms with Gasteiger partial charge in [0.1, 0.15) is 0 Å². The molecule has 1 saturated heterocycles. The molecule has 1 unspecified atom stereocenters. The summed E-state index contributed by atoms with van der Waals surface area (Å²) < 4.78 is 0. The van der Waals surface area contributed by atoms with E-state index in [0.717, 1.165) is 37.9 Å². The van der Waals surface area contributed by atoms with Crippen LogP contribution in [0.25, 0.3) is 0 Å². The molecular weight excluding hydrogens is 236 g/mol. The van der Waals surface area contributed by atoms with Crippen molar-refractivity contribution in [3.63, 3.8) is 0 Å². The van der Waals surface area contributed by atoms with Crippen LogP contribution < -0.4 is 5.32 Å². The Morgan fingerprint density at radius 2 is 1.95 bits per heavy atom. The van der Waals surface area contributed by atoms with Crippen LogP contribution in [0.5, 0.6) is 0 Å². The Morgan fingerprint density at radius 3 is 2.63 bits per heavy atom. The minimum atomic E-state index is 0.103.